The molecule has 2 heterocycles. The number of nitrogens with zero attached hydrogens (tertiary/aromatic N) is 3. The molecule has 2 N–H and O–H groups in total. The molecule has 0 aromatic heterocycles. The Morgan fingerprint density at radius 2 is 1.24 bits per heavy atom. The fraction of sp³-hybridized carbons (Fsp3) is 0.297. The summed E-state index contributed by atoms with van der Waals surface area (Å²) in [5, 5.41) is 8.15. The van der Waals surface area contributed by atoms with Gasteiger partial charge in [0.05, 0.1) is 0 Å². The minimum atomic E-state index is -2.27. The number of carbonyl (C=O) groups excluding carboxylic acids is 1. The van der Waals surface area contributed by atoms with Crippen molar-refractivity contribution in [3.05, 3.63) is 113 Å². The molecular formula is C37H43N5OSSi. The van der Waals surface area contributed by atoms with E-state index < -0.39 is 13.6 Å². The lowest BCUT2D eigenvalue weighted by atomic mass is 9.76. The highest BCUT2D eigenvalue weighted by Gasteiger charge is 2.59. The molecule has 1 spiro atoms. The predicted molar refractivity (Wildman–Crippen MR) is 195 cm³/mol. The fourth-order valence-electron chi connectivity index (χ4n) is 7.42. The molecule has 2 aliphatic heterocycles. The maximum Gasteiger partial charge on any atom is 0.274 e. The second kappa shape index (κ2) is 12.0. The first kappa shape index (κ1) is 30.9. The molecule has 0 unspecified atom stereocenters. The number of hydrazine groups is 1. The monoisotopic (exact) mass is 633 g/mol. The number of hydrogen-bond donors (Lipinski definition) is 2. The molecule has 0 fully saturated rings. The SMILES string of the molecule is CCN(CC)c1ccc2c(c1)[Si](C)(C)c1cc(N(CC)CC)ccc1C21c2ccccc2C(=O)N1NC(=S)Nc1ccccc1. The average Bonchev–Trinajstić information content (AvgIpc) is 3.29. The van der Waals surface area contributed by atoms with Gasteiger partial charge in [0, 0.05) is 54.4 Å². The van der Waals surface area contributed by atoms with E-state index in [4.69, 9.17) is 12.2 Å². The molecule has 45 heavy (non-hydrogen) atoms. The Hall–Kier alpha value is -4.14. The molecule has 6 rings (SSSR count). The van der Waals surface area contributed by atoms with Gasteiger partial charge in [-0.1, -0.05) is 61.6 Å². The molecule has 6 nitrogen and oxygen atoms in total. The van der Waals surface area contributed by atoms with Gasteiger partial charge in [-0.3, -0.25) is 10.2 Å². The first-order valence-corrected chi connectivity index (χ1v) is 19.5. The van der Waals surface area contributed by atoms with Crippen molar-refractivity contribution in [2.45, 2.75) is 46.3 Å². The zero-order chi connectivity index (χ0) is 31.9. The number of nitrogens with one attached hydrogen (secondary N) is 2. The van der Waals surface area contributed by atoms with E-state index in [1.54, 1.807) is 5.01 Å². The van der Waals surface area contributed by atoms with Gasteiger partial charge < -0.3 is 15.1 Å². The van der Waals surface area contributed by atoms with Crippen LogP contribution in [0.1, 0.15) is 54.7 Å². The number of hydrogen-bond acceptors (Lipinski definition) is 4. The molecule has 8 heteroatoms. The van der Waals surface area contributed by atoms with Crippen molar-refractivity contribution in [3.63, 3.8) is 0 Å². The summed E-state index contributed by atoms with van der Waals surface area (Å²) < 4.78 is 0. The fourth-order valence-corrected chi connectivity index (χ4v) is 10.8. The highest BCUT2D eigenvalue weighted by atomic mass is 32.1. The Morgan fingerprint density at radius 1 is 0.733 bits per heavy atom. The van der Waals surface area contributed by atoms with Gasteiger partial charge in [0.15, 0.2) is 5.11 Å². The van der Waals surface area contributed by atoms with Crippen molar-refractivity contribution >= 4 is 58.7 Å². The van der Waals surface area contributed by atoms with E-state index in [1.807, 2.05) is 48.5 Å². The number of benzene rings is 4. The number of para-hydroxylation sites is 1. The third-order valence-corrected chi connectivity index (χ3v) is 13.4. The molecule has 4 aromatic carbocycles. The van der Waals surface area contributed by atoms with Gasteiger partial charge in [0.2, 0.25) is 0 Å². The predicted octanol–water partition coefficient (Wildman–Crippen LogP) is 6.16. The van der Waals surface area contributed by atoms with Crippen LogP contribution in [0.25, 0.3) is 0 Å². The molecule has 1 amide bonds. The molecule has 4 aromatic rings. The molecule has 0 bridgehead atoms. The number of fused-ring (bicyclic) bond motifs is 6. The van der Waals surface area contributed by atoms with Crippen LogP contribution in [0.3, 0.4) is 0 Å². The van der Waals surface area contributed by atoms with Gasteiger partial charge in [-0.2, -0.15) is 0 Å². The van der Waals surface area contributed by atoms with E-state index in [0.29, 0.717) is 10.7 Å². The molecule has 232 valence electrons. The van der Waals surface area contributed by atoms with Gasteiger partial charge in [-0.25, -0.2) is 5.01 Å². The number of thiocarbonyl (C=S) groups is 1. The van der Waals surface area contributed by atoms with Crippen molar-refractivity contribution in [2.75, 3.05) is 41.3 Å². The maximum absolute atomic E-state index is 14.5. The van der Waals surface area contributed by atoms with Crippen molar-refractivity contribution in [3.8, 4) is 0 Å². The lowest BCUT2D eigenvalue weighted by molar-refractivity contribution is 0.0610. The third-order valence-electron chi connectivity index (χ3n) is 9.72. The van der Waals surface area contributed by atoms with Crippen LogP contribution in [0, 0.1) is 0 Å². The zero-order valence-corrected chi connectivity index (χ0v) is 29.0. The van der Waals surface area contributed by atoms with Crippen molar-refractivity contribution in [1.29, 1.82) is 0 Å². The molecule has 0 saturated carbocycles. The Morgan fingerprint density at radius 3 is 1.78 bits per heavy atom. The molecule has 0 radical (unpaired) electrons. The Kier molecular flexibility index (Phi) is 8.22. The molecule has 0 aliphatic carbocycles. The van der Waals surface area contributed by atoms with Crippen molar-refractivity contribution in [1.82, 2.24) is 10.4 Å². The summed E-state index contributed by atoms with van der Waals surface area (Å²) >= 11 is 5.88. The van der Waals surface area contributed by atoms with E-state index >= 15 is 0 Å². The first-order chi connectivity index (χ1) is 21.7. The summed E-state index contributed by atoms with van der Waals surface area (Å²) in [7, 11) is -2.27. The van der Waals surface area contributed by atoms with Gasteiger partial charge in [0.25, 0.3) is 5.91 Å². The molecular weight excluding hydrogens is 591 g/mol. The molecule has 0 atom stereocenters. The molecule has 0 saturated heterocycles. The minimum absolute atomic E-state index is 0.0956. The standard InChI is InChI=1S/C37H43N5OSSi/c1-7-40(8-2)27-20-22-31-33(24-27)45(5,6)34-25-28(41(9-3)10-4)21-23-32(34)37(31)30-19-15-14-18-29(30)35(43)42(37)39-36(44)38-26-16-12-11-13-17-26/h11-25H,7-10H2,1-6H3,(H2,38,39,44). The summed E-state index contributed by atoms with van der Waals surface area (Å²) in [6.45, 7) is 17.5. The Balaban J connectivity index is 1.64. The molecule has 2 aliphatic rings. The van der Waals surface area contributed by atoms with Crippen LogP contribution < -0.4 is 30.9 Å². The normalized spacial score (nSPS) is 15.2. The van der Waals surface area contributed by atoms with E-state index in [-0.39, 0.29) is 5.91 Å². The first-order valence-electron chi connectivity index (χ1n) is 16.1. The average molecular weight is 634 g/mol. The smallest absolute Gasteiger partial charge is 0.274 e. The van der Waals surface area contributed by atoms with Crippen LogP contribution in [0.5, 0.6) is 0 Å². The third kappa shape index (κ3) is 4.82. The van der Waals surface area contributed by atoms with Crippen LogP contribution in [-0.2, 0) is 5.54 Å². The second-order valence-electron chi connectivity index (χ2n) is 12.3. The zero-order valence-electron chi connectivity index (χ0n) is 27.1. The summed E-state index contributed by atoms with van der Waals surface area (Å²) in [6.07, 6.45) is 0. The lowest BCUT2D eigenvalue weighted by Gasteiger charge is -2.49. The van der Waals surface area contributed by atoms with Gasteiger partial charge in [-0.05, 0) is 104 Å². The van der Waals surface area contributed by atoms with E-state index in [9.17, 15) is 4.79 Å². The van der Waals surface area contributed by atoms with Crippen LogP contribution in [-0.4, -0.2) is 50.3 Å². The van der Waals surface area contributed by atoms with Gasteiger partial charge in [0.1, 0.15) is 13.6 Å². The summed E-state index contributed by atoms with van der Waals surface area (Å²) in [5.74, 6) is -0.0956. The maximum atomic E-state index is 14.5. The van der Waals surface area contributed by atoms with Gasteiger partial charge >= 0.3 is 0 Å². The summed E-state index contributed by atoms with van der Waals surface area (Å²) in [6, 6.07) is 31.7. The highest BCUT2D eigenvalue weighted by molar-refractivity contribution is 7.80. The topological polar surface area (TPSA) is 50.9 Å². The quantitative estimate of drug-likeness (QED) is 0.179. The van der Waals surface area contributed by atoms with E-state index in [0.717, 1.165) is 48.6 Å². The van der Waals surface area contributed by atoms with Gasteiger partial charge in [-0.15, -0.1) is 0 Å². The minimum Gasteiger partial charge on any atom is -0.372 e. The number of carbonyl (C=O) groups is 1. The van der Waals surface area contributed by atoms with Crippen molar-refractivity contribution < 1.29 is 4.79 Å². The largest absolute Gasteiger partial charge is 0.372 e. The summed E-state index contributed by atoms with van der Waals surface area (Å²) in [4.78, 5) is 19.4. The van der Waals surface area contributed by atoms with E-state index in [1.165, 1.54) is 21.7 Å². The van der Waals surface area contributed by atoms with Crippen LogP contribution >= 0.6 is 12.2 Å². The van der Waals surface area contributed by atoms with E-state index in [2.05, 4.69) is 104 Å². The number of amides is 1. The second-order valence-corrected chi connectivity index (χ2v) is 17.0. The van der Waals surface area contributed by atoms with Crippen molar-refractivity contribution in [2.24, 2.45) is 0 Å². The Labute approximate surface area is 274 Å². The van der Waals surface area contributed by atoms with Crippen LogP contribution in [0.4, 0.5) is 17.1 Å². The van der Waals surface area contributed by atoms with Crippen LogP contribution in [0.15, 0.2) is 91.0 Å². The highest BCUT2D eigenvalue weighted by Crippen LogP contribution is 2.50. The summed E-state index contributed by atoms with van der Waals surface area (Å²) in [5.41, 5.74) is 9.75. The lowest BCUT2D eigenvalue weighted by Crippen LogP contribution is -2.68. The Bertz CT molecular complexity index is 1680. The number of anilines is 3. The number of rotatable bonds is 8. The van der Waals surface area contributed by atoms with Crippen LogP contribution in [0.2, 0.25) is 13.1 Å².